The Hall–Kier alpha value is -3.60. The monoisotopic (exact) mass is 639 g/mol. The Morgan fingerprint density at radius 2 is 1.78 bits per heavy atom. The molecule has 0 spiro atoms. The van der Waals surface area contributed by atoms with Crippen LogP contribution in [0.2, 0.25) is 0 Å². The number of piperazine rings is 1. The van der Waals surface area contributed by atoms with Crippen molar-refractivity contribution in [3.05, 3.63) is 58.9 Å². The Kier molecular flexibility index (Phi) is 8.96. The summed E-state index contributed by atoms with van der Waals surface area (Å²) in [4.78, 5) is 52.3. The predicted molar refractivity (Wildman–Crippen MR) is 172 cm³/mol. The number of halogens is 2. The van der Waals surface area contributed by atoms with Gasteiger partial charge in [-0.1, -0.05) is 33.8 Å². The summed E-state index contributed by atoms with van der Waals surface area (Å²) in [6, 6.07) is 4.84. The highest BCUT2D eigenvalue weighted by molar-refractivity contribution is 5.97. The van der Waals surface area contributed by atoms with E-state index in [1.165, 1.54) is 12.1 Å². The van der Waals surface area contributed by atoms with Crippen LogP contribution in [0.5, 0.6) is 0 Å². The smallest absolute Gasteiger partial charge is 0.410 e. The zero-order valence-electron chi connectivity index (χ0n) is 28.3. The summed E-state index contributed by atoms with van der Waals surface area (Å²) in [5.41, 5.74) is 1.41. The number of ether oxygens (including phenoxy) is 1. The summed E-state index contributed by atoms with van der Waals surface area (Å²) in [6.45, 7) is 18.0. The number of nitrogens with zero attached hydrogens (tertiary/aromatic N) is 5. The lowest BCUT2D eigenvalue weighted by Gasteiger charge is -2.46. The molecule has 250 valence electrons. The maximum Gasteiger partial charge on any atom is 0.410 e. The third-order valence-corrected chi connectivity index (χ3v) is 9.15. The maximum absolute atomic E-state index is 14.4. The zero-order valence-corrected chi connectivity index (χ0v) is 28.3. The summed E-state index contributed by atoms with van der Waals surface area (Å²) in [5, 5.41) is 0. The highest BCUT2D eigenvalue weighted by Crippen LogP contribution is 2.41. The van der Waals surface area contributed by atoms with E-state index in [1.54, 1.807) is 16.0 Å². The number of hydrogen-bond acceptors (Lipinski definition) is 6. The summed E-state index contributed by atoms with van der Waals surface area (Å²) in [7, 11) is 0. The molecule has 3 amide bonds. The second-order valence-electron chi connectivity index (χ2n) is 15.6. The van der Waals surface area contributed by atoms with Gasteiger partial charge in [0, 0.05) is 86.6 Å². The van der Waals surface area contributed by atoms with Crippen LogP contribution in [0.25, 0.3) is 0 Å². The first-order chi connectivity index (χ1) is 21.3. The van der Waals surface area contributed by atoms with E-state index in [1.807, 2.05) is 38.7 Å². The van der Waals surface area contributed by atoms with Crippen molar-refractivity contribution in [2.24, 2.45) is 5.41 Å². The number of rotatable bonds is 6. The molecule has 11 heteroatoms. The fourth-order valence-corrected chi connectivity index (χ4v) is 6.89. The van der Waals surface area contributed by atoms with Gasteiger partial charge in [-0.15, -0.1) is 0 Å². The number of carbonyl (C=O) groups is 3. The van der Waals surface area contributed by atoms with Gasteiger partial charge in [-0.25, -0.2) is 13.6 Å². The van der Waals surface area contributed by atoms with Crippen LogP contribution in [0.3, 0.4) is 0 Å². The molecule has 1 aromatic carbocycles. The Balaban J connectivity index is 1.38. The van der Waals surface area contributed by atoms with E-state index in [2.05, 4.69) is 37.6 Å². The first-order valence-corrected chi connectivity index (χ1v) is 16.1. The second kappa shape index (κ2) is 12.2. The van der Waals surface area contributed by atoms with Gasteiger partial charge in [0.15, 0.2) is 0 Å². The molecule has 0 saturated carbocycles. The van der Waals surface area contributed by atoms with Gasteiger partial charge in [0.1, 0.15) is 17.2 Å². The maximum atomic E-state index is 14.4. The molecule has 0 aliphatic carbocycles. The molecule has 2 saturated heterocycles. The van der Waals surface area contributed by atoms with Crippen molar-refractivity contribution >= 4 is 23.6 Å². The number of likely N-dealkylation sites (tertiary alicyclic amines) is 1. The standard InChI is InChI=1S/C35H47F2N5O4/c1-22-16-39(26(17-40-20-34(5,6)14-30(40)43)18-41(22)32(45)46-33(2,3)4)19-31(44)42-21-35(7,8)27-15-38-25(13-29(27)42)11-23-9-10-24(36)12-28(23)37/h9-10,12-13,15,22,26H,11,14,16-21H2,1-8H3/t22-,26+/m1/s1. The van der Waals surface area contributed by atoms with Crippen molar-refractivity contribution in [1.29, 1.82) is 0 Å². The highest BCUT2D eigenvalue weighted by atomic mass is 19.1. The third kappa shape index (κ3) is 7.35. The molecule has 5 rings (SSSR count). The quantitative estimate of drug-likeness (QED) is 0.435. The van der Waals surface area contributed by atoms with Crippen LogP contribution in [0.4, 0.5) is 19.3 Å². The van der Waals surface area contributed by atoms with Crippen LogP contribution in [-0.4, -0.2) is 94.5 Å². The van der Waals surface area contributed by atoms with Crippen LogP contribution in [0.15, 0.2) is 30.5 Å². The molecular weight excluding hydrogens is 592 g/mol. The number of anilines is 1. The number of hydrogen-bond donors (Lipinski definition) is 0. The molecule has 2 atom stereocenters. The van der Waals surface area contributed by atoms with Crippen molar-refractivity contribution in [2.45, 2.75) is 91.3 Å². The van der Waals surface area contributed by atoms with Gasteiger partial charge in [0.05, 0.1) is 12.2 Å². The molecule has 2 aromatic rings. The third-order valence-electron chi connectivity index (χ3n) is 9.15. The number of fused-ring (bicyclic) bond motifs is 1. The van der Waals surface area contributed by atoms with Crippen LogP contribution >= 0.6 is 0 Å². The first kappa shape index (κ1) is 33.8. The van der Waals surface area contributed by atoms with Crippen LogP contribution in [0, 0.1) is 17.0 Å². The molecule has 0 bridgehead atoms. The molecular formula is C35H47F2N5O4. The molecule has 9 nitrogen and oxygen atoms in total. The lowest BCUT2D eigenvalue weighted by atomic mass is 9.88. The molecule has 2 fully saturated rings. The Bertz CT molecular complexity index is 1520. The van der Waals surface area contributed by atoms with Gasteiger partial charge in [0.25, 0.3) is 0 Å². The molecule has 0 N–H and O–H groups in total. The molecule has 3 aliphatic rings. The number of aromatic nitrogens is 1. The minimum Gasteiger partial charge on any atom is -0.444 e. The van der Waals surface area contributed by atoms with E-state index >= 15 is 0 Å². The summed E-state index contributed by atoms with van der Waals surface area (Å²) in [5.74, 6) is -1.31. The Morgan fingerprint density at radius 1 is 1.07 bits per heavy atom. The summed E-state index contributed by atoms with van der Waals surface area (Å²) < 4.78 is 33.6. The predicted octanol–water partition coefficient (Wildman–Crippen LogP) is 5.14. The number of carbonyl (C=O) groups excluding carboxylic acids is 3. The van der Waals surface area contributed by atoms with E-state index < -0.39 is 23.3 Å². The van der Waals surface area contributed by atoms with Crippen LogP contribution in [0.1, 0.15) is 78.6 Å². The molecule has 46 heavy (non-hydrogen) atoms. The number of benzene rings is 1. The minimum absolute atomic E-state index is 0.0755. The second-order valence-corrected chi connectivity index (χ2v) is 15.6. The molecule has 1 aromatic heterocycles. The van der Waals surface area contributed by atoms with Gasteiger partial charge in [-0.2, -0.15) is 0 Å². The number of amides is 3. The van der Waals surface area contributed by atoms with Crippen molar-refractivity contribution in [3.8, 4) is 0 Å². The highest BCUT2D eigenvalue weighted by Gasteiger charge is 2.44. The van der Waals surface area contributed by atoms with E-state index in [4.69, 9.17) is 4.74 Å². The average molecular weight is 640 g/mol. The Morgan fingerprint density at radius 3 is 2.41 bits per heavy atom. The molecule has 0 unspecified atom stereocenters. The normalized spacial score (nSPS) is 22.7. The summed E-state index contributed by atoms with van der Waals surface area (Å²) >= 11 is 0. The Labute approximate surface area is 270 Å². The van der Waals surface area contributed by atoms with E-state index in [-0.39, 0.29) is 47.7 Å². The zero-order chi connectivity index (χ0) is 33.8. The van der Waals surface area contributed by atoms with Gasteiger partial charge in [-0.05, 0) is 50.8 Å². The van der Waals surface area contributed by atoms with E-state index in [0.29, 0.717) is 50.4 Å². The topological polar surface area (TPSA) is 86.3 Å². The number of pyridine rings is 1. The van der Waals surface area contributed by atoms with Crippen LogP contribution < -0.4 is 4.90 Å². The molecule has 4 heterocycles. The van der Waals surface area contributed by atoms with Gasteiger partial charge < -0.3 is 19.4 Å². The van der Waals surface area contributed by atoms with Gasteiger partial charge in [-0.3, -0.25) is 19.5 Å². The minimum atomic E-state index is -0.652. The van der Waals surface area contributed by atoms with E-state index in [0.717, 1.165) is 17.3 Å². The van der Waals surface area contributed by atoms with Gasteiger partial charge >= 0.3 is 6.09 Å². The van der Waals surface area contributed by atoms with Gasteiger partial charge in [0.2, 0.25) is 11.8 Å². The average Bonchev–Trinajstić information content (AvgIpc) is 3.35. The lowest BCUT2D eigenvalue weighted by molar-refractivity contribution is -0.129. The lowest BCUT2D eigenvalue weighted by Crippen LogP contribution is -2.63. The fraction of sp³-hybridized carbons (Fsp3) is 0.600. The van der Waals surface area contributed by atoms with Crippen molar-refractivity contribution in [3.63, 3.8) is 0 Å². The summed E-state index contributed by atoms with van der Waals surface area (Å²) in [6.07, 6.45) is 1.97. The first-order valence-electron chi connectivity index (χ1n) is 16.1. The van der Waals surface area contributed by atoms with Crippen molar-refractivity contribution in [2.75, 3.05) is 44.2 Å². The molecule has 3 aliphatic heterocycles. The fourth-order valence-electron chi connectivity index (χ4n) is 6.89. The van der Waals surface area contributed by atoms with Crippen molar-refractivity contribution < 1.29 is 27.9 Å². The molecule has 0 radical (unpaired) electrons. The van der Waals surface area contributed by atoms with Crippen molar-refractivity contribution in [1.82, 2.24) is 19.7 Å². The SMILES string of the molecule is C[C@@H]1CN(CC(=O)N2CC(C)(C)c3cnc(Cc4ccc(F)cc4F)cc32)[C@@H](CN2CC(C)(C)CC2=O)CN1C(=O)OC(C)(C)C. The van der Waals surface area contributed by atoms with Crippen LogP contribution in [-0.2, 0) is 26.2 Å². The largest absolute Gasteiger partial charge is 0.444 e. The van der Waals surface area contributed by atoms with E-state index in [9.17, 15) is 23.2 Å².